The van der Waals surface area contributed by atoms with E-state index >= 15 is 0 Å². The second-order valence-electron chi connectivity index (χ2n) is 4.49. The topological polar surface area (TPSA) is 78.8 Å². The average Bonchev–Trinajstić information content (AvgIpc) is 2.70. The van der Waals surface area contributed by atoms with Crippen molar-refractivity contribution in [3.8, 4) is 0 Å². The number of ether oxygens (including phenoxy) is 1. The molecule has 0 saturated carbocycles. The molecule has 0 radical (unpaired) electrons. The van der Waals surface area contributed by atoms with E-state index in [4.69, 9.17) is 9.84 Å². The maximum Gasteiger partial charge on any atom is 0.323 e. The summed E-state index contributed by atoms with van der Waals surface area (Å²) in [5.74, 6) is -1.05. The van der Waals surface area contributed by atoms with E-state index in [0.717, 1.165) is 11.1 Å². The molecule has 3 atom stereocenters. The van der Waals surface area contributed by atoms with Gasteiger partial charge in [0.05, 0.1) is 12.7 Å². The van der Waals surface area contributed by atoms with Crippen molar-refractivity contribution in [3.63, 3.8) is 0 Å². The Morgan fingerprint density at radius 1 is 1.50 bits per heavy atom. The Balaban J connectivity index is 1.92. The first-order valence-electron chi connectivity index (χ1n) is 5.90. The Morgan fingerprint density at radius 3 is 2.83 bits per heavy atom. The highest BCUT2D eigenvalue weighted by molar-refractivity contribution is 5.74. The standard InChI is InChI=1S/C13H17NO4/c1-8-4-2-3-5-9(8)7-18-10-6-14-11(12(10)15)13(16)17/h2-5,10-12,14-15H,6-7H2,1H3,(H,16,17)/t10-,11-,12+/m0/s1. The minimum atomic E-state index is -1.05. The number of aliphatic carboxylic acids is 1. The van der Waals surface area contributed by atoms with Crippen LogP contribution in [0.15, 0.2) is 24.3 Å². The second-order valence-corrected chi connectivity index (χ2v) is 4.49. The van der Waals surface area contributed by atoms with Crippen molar-refractivity contribution in [1.29, 1.82) is 0 Å². The average molecular weight is 251 g/mol. The lowest BCUT2D eigenvalue weighted by molar-refractivity contribution is -0.142. The first kappa shape index (κ1) is 13.0. The molecule has 2 rings (SSSR count). The monoisotopic (exact) mass is 251 g/mol. The molecule has 0 bridgehead atoms. The quantitative estimate of drug-likeness (QED) is 0.717. The Kier molecular flexibility index (Phi) is 3.96. The molecule has 5 heteroatoms. The van der Waals surface area contributed by atoms with Crippen molar-refractivity contribution in [2.75, 3.05) is 6.54 Å². The molecule has 0 amide bonds. The number of carboxylic acids is 1. The highest BCUT2D eigenvalue weighted by Crippen LogP contribution is 2.15. The van der Waals surface area contributed by atoms with E-state index in [2.05, 4.69) is 5.32 Å². The molecule has 1 fully saturated rings. The fourth-order valence-corrected chi connectivity index (χ4v) is 2.06. The molecule has 0 spiro atoms. The number of benzene rings is 1. The molecule has 3 N–H and O–H groups in total. The van der Waals surface area contributed by atoms with Gasteiger partial charge in [-0.1, -0.05) is 24.3 Å². The van der Waals surface area contributed by atoms with Crippen LogP contribution in [0.3, 0.4) is 0 Å². The van der Waals surface area contributed by atoms with Crippen molar-refractivity contribution in [3.05, 3.63) is 35.4 Å². The van der Waals surface area contributed by atoms with Gasteiger partial charge in [-0.2, -0.15) is 0 Å². The molecule has 0 aliphatic carbocycles. The first-order valence-corrected chi connectivity index (χ1v) is 5.90. The van der Waals surface area contributed by atoms with Gasteiger partial charge in [0.15, 0.2) is 0 Å². The van der Waals surface area contributed by atoms with Crippen LogP contribution in [0.25, 0.3) is 0 Å². The van der Waals surface area contributed by atoms with E-state index in [1.54, 1.807) is 0 Å². The fourth-order valence-electron chi connectivity index (χ4n) is 2.06. The summed E-state index contributed by atoms with van der Waals surface area (Å²) >= 11 is 0. The number of hydrogen-bond acceptors (Lipinski definition) is 4. The number of nitrogens with one attached hydrogen (secondary N) is 1. The Morgan fingerprint density at radius 2 is 2.22 bits per heavy atom. The molecule has 1 aliphatic rings. The van der Waals surface area contributed by atoms with Gasteiger partial charge in [-0.05, 0) is 18.1 Å². The van der Waals surface area contributed by atoms with Gasteiger partial charge in [-0.25, -0.2) is 0 Å². The van der Waals surface area contributed by atoms with Gasteiger partial charge in [0, 0.05) is 6.54 Å². The zero-order valence-corrected chi connectivity index (χ0v) is 10.2. The summed E-state index contributed by atoms with van der Waals surface area (Å²) in [5, 5.41) is 21.4. The van der Waals surface area contributed by atoms with Crippen molar-refractivity contribution in [2.45, 2.75) is 31.8 Å². The third-order valence-corrected chi connectivity index (χ3v) is 3.24. The van der Waals surface area contributed by atoms with Crippen molar-refractivity contribution >= 4 is 5.97 Å². The van der Waals surface area contributed by atoms with Crippen molar-refractivity contribution in [1.82, 2.24) is 5.32 Å². The highest BCUT2D eigenvalue weighted by Gasteiger charge is 2.39. The number of aliphatic hydroxyl groups excluding tert-OH is 1. The van der Waals surface area contributed by atoms with E-state index in [1.165, 1.54) is 0 Å². The van der Waals surface area contributed by atoms with Gasteiger partial charge >= 0.3 is 5.97 Å². The van der Waals surface area contributed by atoms with Crippen LogP contribution >= 0.6 is 0 Å². The molecular weight excluding hydrogens is 234 g/mol. The smallest absolute Gasteiger partial charge is 0.323 e. The highest BCUT2D eigenvalue weighted by atomic mass is 16.5. The summed E-state index contributed by atoms with van der Waals surface area (Å²) < 4.78 is 5.59. The lowest BCUT2D eigenvalue weighted by atomic mass is 10.1. The molecule has 1 aromatic carbocycles. The molecule has 98 valence electrons. The van der Waals surface area contributed by atoms with Crippen LogP contribution in [0.4, 0.5) is 0 Å². The first-order chi connectivity index (χ1) is 8.59. The lowest BCUT2D eigenvalue weighted by Gasteiger charge is -2.17. The lowest BCUT2D eigenvalue weighted by Crippen LogP contribution is -2.40. The number of carboxylic acid groups (broad SMARTS) is 1. The van der Waals surface area contributed by atoms with Crippen LogP contribution < -0.4 is 5.32 Å². The maximum atomic E-state index is 10.8. The number of carbonyl (C=O) groups is 1. The van der Waals surface area contributed by atoms with E-state index in [9.17, 15) is 9.90 Å². The van der Waals surface area contributed by atoms with Crippen molar-refractivity contribution in [2.24, 2.45) is 0 Å². The summed E-state index contributed by atoms with van der Waals surface area (Å²) in [6.07, 6.45) is -1.49. The molecule has 0 unspecified atom stereocenters. The summed E-state index contributed by atoms with van der Waals surface area (Å²) in [5.41, 5.74) is 2.16. The van der Waals surface area contributed by atoms with Gasteiger partial charge in [-0.3, -0.25) is 10.1 Å². The fraction of sp³-hybridized carbons (Fsp3) is 0.462. The zero-order valence-electron chi connectivity index (χ0n) is 10.2. The second kappa shape index (κ2) is 5.48. The minimum Gasteiger partial charge on any atom is -0.480 e. The summed E-state index contributed by atoms with van der Waals surface area (Å²) in [4.78, 5) is 10.8. The molecule has 1 aliphatic heterocycles. The molecular formula is C13H17NO4. The van der Waals surface area contributed by atoms with Gasteiger partial charge in [0.2, 0.25) is 0 Å². The van der Waals surface area contributed by atoms with Crippen molar-refractivity contribution < 1.29 is 19.7 Å². The van der Waals surface area contributed by atoms with Gasteiger partial charge < -0.3 is 14.9 Å². The number of rotatable bonds is 4. The molecule has 5 nitrogen and oxygen atoms in total. The Hall–Kier alpha value is -1.43. The largest absolute Gasteiger partial charge is 0.480 e. The Labute approximate surface area is 105 Å². The van der Waals surface area contributed by atoms with Crippen LogP contribution in [-0.4, -0.2) is 41.0 Å². The molecule has 1 aromatic rings. The summed E-state index contributed by atoms with van der Waals surface area (Å²) in [6.45, 7) is 2.72. The minimum absolute atomic E-state index is 0.351. The van der Waals surface area contributed by atoms with E-state index in [-0.39, 0.29) is 0 Å². The summed E-state index contributed by atoms with van der Waals surface area (Å²) in [7, 11) is 0. The number of aryl methyl sites for hydroxylation is 1. The van der Waals surface area contributed by atoms with Crippen LogP contribution in [0.2, 0.25) is 0 Å². The molecule has 18 heavy (non-hydrogen) atoms. The predicted molar refractivity (Wildman–Crippen MR) is 65.2 cm³/mol. The van der Waals surface area contributed by atoms with E-state index in [1.807, 2.05) is 31.2 Å². The Bertz CT molecular complexity index is 435. The normalized spacial score (nSPS) is 27.3. The van der Waals surface area contributed by atoms with E-state index < -0.39 is 24.2 Å². The molecule has 0 aromatic heterocycles. The third kappa shape index (κ3) is 2.69. The van der Waals surface area contributed by atoms with Crippen LogP contribution in [0.5, 0.6) is 0 Å². The van der Waals surface area contributed by atoms with Crippen LogP contribution in [0, 0.1) is 6.92 Å². The summed E-state index contributed by atoms with van der Waals surface area (Å²) in [6, 6.07) is 6.88. The zero-order chi connectivity index (χ0) is 13.1. The molecule has 1 saturated heterocycles. The number of aliphatic hydroxyl groups is 1. The third-order valence-electron chi connectivity index (χ3n) is 3.24. The van der Waals surface area contributed by atoms with Crippen LogP contribution in [0.1, 0.15) is 11.1 Å². The van der Waals surface area contributed by atoms with Gasteiger partial charge in [-0.15, -0.1) is 0 Å². The van der Waals surface area contributed by atoms with E-state index in [0.29, 0.717) is 13.2 Å². The maximum absolute atomic E-state index is 10.8. The van der Waals surface area contributed by atoms with Gasteiger partial charge in [0.25, 0.3) is 0 Å². The van der Waals surface area contributed by atoms with Gasteiger partial charge in [0.1, 0.15) is 12.1 Å². The van der Waals surface area contributed by atoms with Crippen LogP contribution in [-0.2, 0) is 16.1 Å². The predicted octanol–water partition coefficient (Wildman–Crippen LogP) is 0.298. The molecule has 1 heterocycles. The number of hydrogen-bond donors (Lipinski definition) is 3. The SMILES string of the molecule is Cc1ccccc1CO[C@H]1CN[C@H](C(=O)O)[C@@H]1O.